The van der Waals surface area contributed by atoms with Crippen molar-refractivity contribution >= 4 is 11.0 Å². The zero-order chi connectivity index (χ0) is 16.8. The number of aromatic nitrogens is 2. The van der Waals surface area contributed by atoms with Gasteiger partial charge in [0.05, 0.1) is 11.0 Å². The molecule has 0 amide bonds. The fourth-order valence-corrected chi connectivity index (χ4v) is 2.86. The van der Waals surface area contributed by atoms with Crippen LogP contribution in [0.1, 0.15) is 20.8 Å². The summed E-state index contributed by atoms with van der Waals surface area (Å²) in [7, 11) is 1.79. The van der Waals surface area contributed by atoms with E-state index in [4.69, 9.17) is 0 Å². The molecule has 3 rings (SSSR count). The summed E-state index contributed by atoms with van der Waals surface area (Å²) in [6, 6.07) is 12.3. The first-order valence-corrected chi connectivity index (χ1v) is 7.71. The first-order valence-electron chi connectivity index (χ1n) is 7.71. The van der Waals surface area contributed by atoms with Crippen LogP contribution in [0.4, 0.5) is 4.39 Å². The fraction of sp³-hybridized carbons (Fsp3) is 0.316. The van der Waals surface area contributed by atoms with E-state index in [-0.39, 0.29) is 16.9 Å². The van der Waals surface area contributed by atoms with Crippen LogP contribution >= 0.6 is 0 Å². The average molecular weight is 312 g/mol. The molecule has 0 spiro atoms. The van der Waals surface area contributed by atoms with Crippen molar-refractivity contribution in [1.82, 2.24) is 9.13 Å². The van der Waals surface area contributed by atoms with Gasteiger partial charge in [0, 0.05) is 13.6 Å². The Hall–Kier alpha value is -2.36. The third-order valence-corrected chi connectivity index (χ3v) is 3.96. The monoisotopic (exact) mass is 312 g/mol. The molecular formula is C19H21FN2O. The van der Waals surface area contributed by atoms with Crippen LogP contribution in [0.15, 0.2) is 47.3 Å². The molecule has 0 radical (unpaired) electrons. The number of fused-ring (bicyclic) bond motifs is 1. The van der Waals surface area contributed by atoms with Gasteiger partial charge in [0.2, 0.25) is 0 Å². The van der Waals surface area contributed by atoms with Crippen molar-refractivity contribution < 1.29 is 4.39 Å². The van der Waals surface area contributed by atoms with Crippen molar-refractivity contribution in [2.45, 2.75) is 27.3 Å². The van der Waals surface area contributed by atoms with Gasteiger partial charge in [-0.25, -0.2) is 9.18 Å². The summed E-state index contributed by atoms with van der Waals surface area (Å²) in [5.74, 6) is -0.251. The molecule has 0 saturated carbocycles. The van der Waals surface area contributed by atoms with E-state index >= 15 is 0 Å². The summed E-state index contributed by atoms with van der Waals surface area (Å²) in [6.07, 6.45) is 0. The Labute approximate surface area is 135 Å². The van der Waals surface area contributed by atoms with Crippen molar-refractivity contribution in [3.8, 4) is 11.1 Å². The average Bonchev–Trinajstić information content (AvgIpc) is 2.71. The number of hydrogen-bond donors (Lipinski definition) is 0. The number of benzene rings is 2. The van der Waals surface area contributed by atoms with Crippen LogP contribution in [0, 0.1) is 11.2 Å². The molecule has 3 nitrogen and oxygen atoms in total. The maximum absolute atomic E-state index is 13.1. The number of aryl methyl sites for hydroxylation is 1. The molecule has 0 N–H and O–H groups in total. The van der Waals surface area contributed by atoms with E-state index in [1.165, 1.54) is 12.1 Å². The Bertz CT molecular complexity index is 911. The maximum atomic E-state index is 13.1. The molecular weight excluding hydrogens is 291 g/mol. The molecule has 0 bridgehead atoms. The summed E-state index contributed by atoms with van der Waals surface area (Å²) >= 11 is 0. The lowest BCUT2D eigenvalue weighted by molar-refractivity contribution is 0.342. The van der Waals surface area contributed by atoms with Gasteiger partial charge in [0.1, 0.15) is 5.82 Å². The number of halogens is 1. The highest BCUT2D eigenvalue weighted by Crippen LogP contribution is 2.26. The predicted octanol–water partition coefficient (Wildman–Crippen LogP) is 4.19. The lowest BCUT2D eigenvalue weighted by atomic mass is 9.97. The molecule has 120 valence electrons. The van der Waals surface area contributed by atoms with Gasteiger partial charge in [-0.2, -0.15) is 0 Å². The van der Waals surface area contributed by atoms with Crippen LogP contribution in [0.5, 0.6) is 0 Å². The molecule has 0 atom stereocenters. The van der Waals surface area contributed by atoms with Crippen molar-refractivity contribution in [3.05, 3.63) is 58.8 Å². The van der Waals surface area contributed by atoms with Crippen LogP contribution in [0.3, 0.4) is 0 Å². The Morgan fingerprint density at radius 3 is 2.17 bits per heavy atom. The fourth-order valence-electron chi connectivity index (χ4n) is 2.86. The number of hydrogen-bond acceptors (Lipinski definition) is 1. The van der Waals surface area contributed by atoms with E-state index in [2.05, 4.69) is 20.8 Å². The summed E-state index contributed by atoms with van der Waals surface area (Å²) in [5.41, 5.74) is 3.74. The largest absolute Gasteiger partial charge is 0.328 e. The lowest BCUT2D eigenvalue weighted by Crippen LogP contribution is -2.27. The van der Waals surface area contributed by atoms with E-state index in [0.29, 0.717) is 6.54 Å². The molecule has 0 saturated heterocycles. The lowest BCUT2D eigenvalue weighted by Gasteiger charge is -2.18. The summed E-state index contributed by atoms with van der Waals surface area (Å²) < 4.78 is 16.6. The Balaban J connectivity index is 2.16. The number of imidazole rings is 1. The van der Waals surface area contributed by atoms with Gasteiger partial charge in [0.15, 0.2) is 0 Å². The second kappa shape index (κ2) is 5.37. The SMILES string of the molecule is Cn1c(=O)n(CC(C)(C)C)c2ccc(-c3ccc(F)cc3)cc21. The normalized spacial score (nSPS) is 12.0. The minimum atomic E-state index is -0.251. The molecule has 1 heterocycles. The molecule has 0 aliphatic rings. The van der Waals surface area contributed by atoms with Gasteiger partial charge in [-0.1, -0.05) is 39.0 Å². The van der Waals surface area contributed by atoms with Gasteiger partial charge in [-0.05, 0) is 40.8 Å². The molecule has 1 aromatic heterocycles. The standard InChI is InChI=1S/C19H21FN2O/c1-19(2,3)12-22-16-10-7-14(11-17(16)21(4)18(22)23)13-5-8-15(20)9-6-13/h5-11H,12H2,1-4H3. The Morgan fingerprint density at radius 1 is 0.957 bits per heavy atom. The molecule has 0 unspecified atom stereocenters. The zero-order valence-electron chi connectivity index (χ0n) is 13.9. The van der Waals surface area contributed by atoms with Gasteiger partial charge >= 0.3 is 5.69 Å². The molecule has 3 aromatic rings. The Morgan fingerprint density at radius 2 is 1.57 bits per heavy atom. The topological polar surface area (TPSA) is 26.9 Å². The minimum Gasteiger partial charge on any atom is -0.295 e. The molecule has 2 aromatic carbocycles. The van der Waals surface area contributed by atoms with Crippen LogP contribution < -0.4 is 5.69 Å². The van der Waals surface area contributed by atoms with Crippen LogP contribution in [-0.2, 0) is 13.6 Å². The van der Waals surface area contributed by atoms with E-state index in [1.807, 2.05) is 22.8 Å². The highest BCUT2D eigenvalue weighted by Gasteiger charge is 2.17. The number of nitrogens with zero attached hydrogens (tertiary/aromatic N) is 2. The highest BCUT2D eigenvalue weighted by molar-refractivity contribution is 5.82. The summed E-state index contributed by atoms with van der Waals surface area (Å²) in [4.78, 5) is 12.5. The van der Waals surface area contributed by atoms with E-state index < -0.39 is 0 Å². The summed E-state index contributed by atoms with van der Waals surface area (Å²) in [6.45, 7) is 7.01. The van der Waals surface area contributed by atoms with E-state index in [0.717, 1.165) is 22.2 Å². The minimum absolute atomic E-state index is 0.00817. The quantitative estimate of drug-likeness (QED) is 0.697. The van der Waals surface area contributed by atoms with Crippen molar-refractivity contribution in [2.75, 3.05) is 0 Å². The van der Waals surface area contributed by atoms with E-state index in [1.54, 1.807) is 23.7 Å². The van der Waals surface area contributed by atoms with Crippen molar-refractivity contribution in [3.63, 3.8) is 0 Å². The molecule has 0 aliphatic carbocycles. The smallest absolute Gasteiger partial charge is 0.295 e. The number of rotatable bonds is 2. The maximum Gasteiger partial charge on any atom is 0.328 e. The first-order chi connectivity index (χ1) is 10.8. The third-order valence-electron chi connectivity index (χ3n) is 3.96. The van der Waals surface area contributed by atoms with Crippen LogP contribution in [0.2, 0.25) is 0 Å². The first kappa shape index (κ1) is 15.5. The zero-order valence-corrected chi connectivity index (χ0v) is 13.9. The highest BCUT2D eigenvalue weighted by atomic mass is 19.1. The van der Waals surface area contributed by atoms with Gasteiger partial charge < -0.3 is 0 Å². The third kappa shape index (κ3) is 2.93. The van der Waals surface area contributed by atoms with Gasteiger partial charge in [-0.3, -0.25) is 9.13 Å². The second-order valence-corrected chi connectivity index (χ2v) is 7.20. The molecule has 0 fully saturated rings. The van der Waals surface area contributed by atoms with Crippen LogP contribution in [0.25, 0.3) is 22.2 Å². The van der Waals surface area contributed by atoms with E-state index in [9.17, 15) is 9.18 Å². The van der Waals surface area contributed by atoms with Crippen molar-refractivity contribution in [1.29, 1.82) is 0 Å². The van der Waals surface area contributed by atoms with Gasteiger partial charge in [-0.15, -0.1) is 0 Å². The van der Waals surface area contributed by atoms with Crippen LogP contribution in [-0.4, -0.2) is 9.13 Å². The predicted molar refractivity (Wildman–Crippen MR) is 92.0 cm³/mol. The molecule has 4 heteroatoms. The molecule has 23 heavy (non-hydrogen) atoms. The molecule has 0 aliphatic heterocycles. The Kier molecular flexibility index (Phi) is 3.63. The summed E-state index contributed by atoms with van der Waals surface area (Å²) in [5, 5.41) is 0. The van der Waals surface area contributed by atoms with Crippen molar-refractivity contribution in [2.24, 2.45) is 12.5 Å². The van der Waals surface area contributed by atoms with Gasteiger partial charge in [0.25, 0.3) is 0 Å². The second-order valence-electron chi connectivity index (χ2n) is 7.20.